The summed E-state index contributed by atoms with van der Waals surface area (Å²) in [5.74, 6) is -0.480. The Morgan fingerprint density at radius 3 is 2.44 bits per heavy atom. The molecule has 0 unspecified atom stereocenters. The number of benzene rings is 1. The maximum atomic E-state index is 12.3. The first kappa shape index (κ1) is 13.0. The van der Waals surface area contributed by atoms with Crippen molar-refractivity contribution < 1.29 is 18.0 Å². The Kier molecular flexibility index (Phi) is 3.96. The number of halogens is 4. The predicted molar refractivity (Wildman–Crippen MR) is 56.7 cm³/mol. The largest absolute Gasteiger partial charge is 0.416 e. The molecular weight excluding hydrogens is 287 g/mol. The number of carbonyl (C=O) groups excluding carboxylic acids is 1. The highest BCUT2D eigenvalue weighted by Gasteiger charge is 2.30. The van der Waals surface area contributed by atoms with Gasteiger partial charge in [0.2, 0.25) is 5.91 Å². The van der Waals surface area contributed by atoms with Crippen molar-refractivity contribution in [2.24, 2.45) is 5.73 Å². The highest BCUT2D eigenvalue weighted by Crippen LogP contribution is 2.32. The normalized spacial score (nSPS) is 11.5. The summed E-state index contributed by atoms with van der Waals surface area (Å²) in [6, 6.07) is 3.33. The Labute approximate surface area is 98.8 Å². The lowest BCUT2D eigenvalue weighted by molar-refractivity contribution is -0.137. The van der Waals surface area contributed by atoms with Crippen molar-refractivity contribution in [2.75, 3.05) is 0 Å². The molecule has 0 bridgehead atoms. The zero-order chi connectivity index (χ0) is 12.3. The van der Waals surface area contributed by atoms with Crippen LogP contribution in [-0.2, 0) is 17.4 Å². The fourth-order valence-corrected chi connectivity index (χ4v) is 1.76. The second-order valence-electron chi connectivity index (χ2n) is 3.27. The average Bonchev–Trinajstić information content (AvgIpc) is 2.14. The standard InChI is InChI=1S/C10H9BrF3NO/c11-8-5-7(10(12,13)14)3-1-6(8)2-4-9(15)16/h1,3,5H,2,4H2,(H2,15,16). The van der Waals surface area contributed by atoms with E-state index in [2.05, 4.69) is 15.9 Å². The van der Waals surface area contributed by atoms with Gasteiger partial charge in [0.25, 0.3) is 0 Å². The quantitative estimate of drug-likeness (QED) is 0.915. The zero-order valence-electron chi connectivity index (χ0n) is 8.14. The van der Waals surface area contributed by atoms with E-state index in [1.165, 1.54) is 6.07 Å². The van der Waals surface area contributed by atoms with Gasteiger partial charge in [-0.05, 0) is 24.1 Å². The summed E-state index contributed by atoms with van der Waals surface area (Å²) < 4.78 is 37.3. The molecule has 0 saturated heterocycles. The Bertz CT molecular complexity index is 404. The van der Waals surface area contributed by atoms with Crippen LogP contribution in [0.25, 0.3) is 0 Å². The SMILES string of the molecule is NC(=O)CCc1ccc(C(F)(F)F)cc1Br. The van der Waals surface area contributed by atoms with Crippen LogP contribution in [0.4, 0.5) is 13.2 Å². The molecule has 1 rings (SSSR count). The van der Waals surface area contributed by atoms with Gasteiger partial charge in [0.15, 0.2) is 0 Å². The summed E-state index contributed by atoms with van der Waals surface area (Å²) in [6.07, 6.45) is -3.91. The third-order valence-corrected chi connectivity index (χ3v) is 2.76. The molecule has 1 amide bonds. The third kappa shape index (κ3) is 3.52. The van der Waals surface area contributed by atoms with E-state index in [0.29, 0.717) is 16.5 Å². The zero-order valence-corrected chi connectivity index (χ0v) is 9.73. The Balaban J connectivity index is 2.88. The monoisotopic (exact) mass is 295 g/mol. The molecule has 0 aliphatic carbocycles. The van der Waals surface area contributed by atoms with Crippen molar-refractivity contribution in [1.82, 2.24) is 0 Å². The number of amides is 1. The van der Waals surface area contributed by atoms with Gasteiger partial charge in [-0.15, -0.1) is 0 Å². The van der Waals surface area contributed by atoms with Crippen LogP contribution in [0.3, 0.4) is 0 Å². The summed E-state index contributed by atoms with van der Waals surface area (Å²) in [6.45, 7) is 0. The lowest BCUT2D eigenvalue weighted by Crippen LogP contribution is -2.11. The molecule has 0 heterocycles. The Hall–Kier alpha value is -1.04. The molecule has 0 aliphatic rings. The second-order valence-corrected chi connectivity index (χ2v) is 4.12. The minimum absolute atomic E-state index is 0.115. The summed E-state index contributed by atoms with van der Waals surface area (Å²) in [4.78, 5) is 10.5. The Morgan fingerprint density at radius 2 is 2.00 bits per heavy atom. The van der Waals surface area contributed by atoms with E-state index >= 15 is 0 Å². The maximum Gasteiger partial charge on any atom is 0.416 e. The molecule has 0 spiro atoms. The van der Waals surface area contributed by atoms with Crippen molar-refractivity contribution in [3.8, 4) is 0 Å². The number of carbonyl (C=O) groups is 1. The van der Waals surface area contributed by atoms with E-state index in [9.17, 15) is 18.0 Å². The van der Waals surface area contributed by atoms with Gasteiger partial charge in [-0.25, -0.2) is 0 Å². The molecule has 0 aliphatic heterocycles. The van der Waals surface area contributed by atoms with Crippen molar-refractivity contribution in [3.63, 3.8) is 0 Å². The second kappa shape index (κ2) is 4.86. The van der Waals surface area contributed by atoms with Crippen LogP contribution in [0.5, 0.6) is 0 Å². The summed E-state index contributed by atoms with van der Waals surface area (Å²) in [5.41, 5.74) is 4.87. The van der Waals surface area contributed by atoms with Gasteiger partial charge in [0, 0.05) is 10.9 Å². The smallest absolute Gasteiger partial charge is 0.370 e. The molecule has 2 N–H and O–H groups in total. The van der Waals surface area contributed by atoms with Gasteiger partial charge < -0.3 is 5.73 Å². The first-order valence-corrected chi connectivity index (χ1v) is 5.24. The summed E-state index contributed by atoms with van der Waals surface area (Å²) in [5, 5.41) is 0. The average molecular weight is 296 g/mol. The molecule has 0 atom stereocenters. The van der Waals surface area contributed by atoms with Crippen LogP contribution in [0.1, 0.15) is 17.5 Å². The molecule has 0 radical (unpaired) electrons. The number of nitrogens with two attached hydrogens (primary N) is 1. The van der Waals surface area contributed by atoms with Gasteiger partial charge in [0.1, 0.15) is 0 Å². The van der Waals surface area contributed by atoms with Gasteiger partial charge >= 0.3 is 6.18 Å². The summed E-state index contributed by atoms with van der Waals surface area (Å²) in [7, 11) is 0. The summed E-state index contributed by atoms with van der Waals surface area (Å²) >= 11 is 3.04. The molecule has 0 aromatic heterocycles. The van der Waals surface area contributed by atoms with Gasteiger partial charge in [-0.3, -0.25) is 4.79 Å². The van der Waals surface area contributed by atoms with Gasteiger partial charge in [-0.2, -0.15) is 13.2 Å². The predicted octanol–water partition coefficient (Wildman–Crippen LogP) is 2.89. The van der Waals surface area contributed by atoms with E-state index in [4.69, 9.17) is 5.73 Å². The van der Waals surface area contributed by atoms with E-state index in [0.717, 1.165) is 12.1 Å². The van der Waals surface area contributed by atoms with E-state index in [-0.39, 0.29) is 6.42 Å². The van der Waals surface area contributed by atoms with E-state index < -0.39 is 17.6 Å². The van der Waals surface area contributed by atoms with E-state index in [1.807, 2.05) is 0 Å². The first-order valence-electron chi connectivity index (χ1n) is 4.44. The number of rotatable bonds is 3. The van der Waals surface area contributed by atoms with E-state index in [1.54, 1.807) is 0 Å². The number of hydrogen-bond acceptors (Lipinski definition) is 1. The van der Waals surface area contributed by atoms with Crippen LogP contribution >= 0.6 is 15.9 Å². The number of hydrogen-bond donors (Lipinski definition) is 1. The van der Waals surface area contributed by atoms with Crippen molar-refractivity contribution in [2.45, 2.75) is 19.0 Å². The van der Waals surface area contributed by atoms with Crippen LogP contribution in [-0.4, -0.2) is 5.91 Å². The Morgan fingerprint density at radius 1 is 1.38 bits per heavy atom. The molecule has 1 aromatic carbocycles. The van der Waals surface area contributed by atoms with Crippen LogP contribution in [0.2, 0.25) is 0 Å². The minimum atomic E-state index is -4.36. The molecular formula is C10H9BrF3NO. The molecule has 2 nitrogen and oxygen atoms in total. The minimum Gasteiger partial charge on any atom is -0.370 e. The van der Waals surface area contributed by atoms with Crippen LogP contribution in [0.15, 0.2) is 22.7 Å². The maximum absolute atomic E-state index is 12.3. The highest BCUT2D eigenvalue weighted by molar-refractivity contribution is 9.10. The molecule has 1 aromatic rings. The fourth-order valence-electron chi connectivity index (χ4n) is 1.18. The van der Waals surface area contributed by atoms with Gasteiger partial charge in [0.05, 0.1) is 5.56 Å². The lowest BCUT2D eigenvalue weighted by atomic mass is 10.1. The van der Waals surface area contributed by atoms with Crippen molar-refractivity contribution in [1.29, 1.82) is 0 Å². The van der Waals surface area contributed by atoms with Crippen molar-refractivity contribution >= 4 is 21.8 Å². The molecule has 0 fully saturated rings. The molecule has 88 valence electrons. The van der Waals surface area contributed by atoms with Gasteiger partial charge in [-0.1, -0.05) is 22.0 Å². The lowest BCUT2D eigenvalue weighted by Gasteiger charge is -2.09. The number of primary amides is 1. The molecule has 16 heavy (non-hydrogen) atoms. The van der Waals surface area contributed by atoms with Crippen LogP contribution < -0.4 is 5.73 Å². The van der Waals surface area contributed by atoms with Crippen LogP contribution in [0, 0.1) is 0 Å². The van der Waals surface area contributed by atoms with Crippen molar-refractivity contribution in [3.05, 3.63) is 33.8 Å². The highest BCUT2D eigenvalue weighted by atomic mass is 79.9. The molecule has 0 saturated carbocycles. The number of alkyl halides is 3. The first-order chi connectivity index (χ1) is 7.30. The topological polar surface area (TPSA) is 43.1 Å². The third-order valence-electron chi connectivity index (χ3n) is 2.02. The number of aryl methyl sites for hydroxylation is 1. The fraction of sp³-hybridized carbons (Fsp3) is 0.300. The molecule has 6 heteroatoms.